The van der Waals surface area contributed by atoms with Gasteiger partial charge in [-0.25, -0.2) is 4.98 Å². The molecule has 30 heavy (non-hydrogen) atoms. The highest BCUT2D eigenvalue weighted by Crippen LogP contribution is 2.30. The summed E-state index contributed by atoms with van der Waals surface area (Å²) in [5, 5.41) is 0.758. The first kappa shape index (κ1) is 20.8. The number of amides is 1. The van der Waals surface area contributed by atoms with Crippen molar-refractivity contribution in [2.75, 3.05) is 51.4 Å². The fourth-order valence-corrected chi connectivity index (χ4v) is 4.79. The van der Waals surface area contributed by atoms with Gasteiger partial charge < -0.3 is 14.4 Å². The number of carbonyl (C=O) groups is 1. The van der Waals surface area contributed by atoms with E-state index in [9.17, 15) is 4.79 Å². The third kappa shape index (κ3) is 4.80. The topological polar surface area (TPSA) is 56.1 Å². The number of quaternary nitrogens is 1. The second-order valence-electron chi connectivity index (χ2n) is 7.62. The molecule has 3 aromatic rings. The van der Waals surface area contributed by atoms with Gasteiger partial charge in [0.25, 0.3) is 5.91 Å². The van der Waals surface area contributed by atoms with E-state index in [0.717, 1.165) is 60.4 Å². The van der Waals surface area contributed by atoms with E-state index in [-0.39, 0.29) is 5.91 Å². The quantitative estimate of drug-likeness (QED) is 0.631. The van der Waals surface area contributed by atoms with Crippen molar-refractivity contribution >= 4 is 32.6 Å². The average molecular weight is 427 g/mol. The summed E-state index contributed by atoms with van der Waals surface area (Å²) in [7, 11) is 1.63. The van der Waals surface area contributed by atoms with Crippen LogP contribution >= 0.6 is 11.3 Å². The minimum atomic E-state index is -0.0228. The second-order valence-corrected chi connectivity index (χ2v) is 8.63. The van der Waals surface area contributed by atoms with Gasteiger partial charge in [0.2, 0.25) is 0 Å². The van der Waals surface area contributed by atoms with Crippen LogP contribution in [0.1, 0.15) is 22.3 Å². The summed E-state index contributed by atoms with van der Waals surface area (Å²) in [6, 6.07) is 13.5. The van der Waals surface area contributed by atoms with Crippen LogP contribution in [-0.4, -0.2) is 57.4 Å². The Morgan fingerprint density at radius 3 is 2.70 bits per heavy atom. The molecule has 4 rings (SSSR count). The van der Waals surface area contributed by atoms with E-state index in [2.05, 4.69) is 19.1 Å². The van der Waals surface area contributed by atoms with Gasteiger partial charge >= 0.3 is 0 Å². The van der Waals surface area contributed by atoms with Crippen LogP contribution in [-0.2, 0) is 4.74 Å². The molecule has 1 saturated heterocycles. The number of benzene rings is 2. The lowest BCUT2D eigenvalue weighted by Crippen LogP contribution is -3.14. The van der Waals surface area contributed by atoms with E-state index >= 15 is 0 Å². The lowest BCUT2D eigenvalue weighted by molar-refractivity contribution is -0.908. The maximum absolute atomic E-state index is 13.4. The molecule has 2 aromatic carbocycles. The summed E-state index contributed by atoms with van der Waals surface area (Å²) in [6.07, 6.45) is 0.923. The van der Waals surface area contributed by atoms with Gasteiger partial charge in [-0.3, -0.25) is 9.69 Å². The first-order valence-corrected chi connectivity index (χ1v) is 11.2. The Bertz CT molecular complexity index is 997. The SMILES string of the molecule is COc1ccc(C(=O)N(CCC[NH+]2CCOCC2)c2nc3ccc(C)cc3s2)cc1. The molecule has 0 unspecified atom stereocenters. The zero-order valence-electron chi connectivity index (χ0n) is 17.5. The smallest absolute Gasteiger partial charge is 0.260 e. The zero-order valence-corrected chi connectivity index (χ0v) is 18.3. The van der Waals surface area contributed by atoms with Gasteiger partial charge in [-0.05, 0) is 48.9 Å². The van der Waals surface area contributed by atoms with E-state index in [1.54, 1.807) is 18.4 Å². The fourth-order valence-electron chi connectivity index (χ4n) is 3.71. The van der Waals surface area contributed by atoms with Crippen molar-refractivity contribution in [2.24, 2.45) is 0 Å². The minimum absolute atomic E-state index is 0.0228. The lowest BCUT2D eigenvalue weighted by Gasteiger charge is -2.25. The van der Waals surface area contributed by atoms with E-state index in [0.29, 0.717) is 12.1 Å². The Morgan fingerprint density at radius 2 is 1.97 bits per heavy atom. The molecule has 6 nitrogen and oxygen atoms in total. The number of morpholine rings is 1. The number of carbonyl (C=O) groups excluding carboxylic acids is 1. The van der Waals surface area contributed by atoms with E-state index in [1.807, 2.05) is 35.2 Å². The fraction of sp³-hybridized carbons (Fsp3) is 0.391. The molecule has 0 radical (unpaired) electrons. The van der Waals surface area contributed by atoms with Crippen molar-refractivity contribution in [3.8, 4) is 5.75 Å². The van der Waals surface area contributed by atoms with Gasteiger partial charge in [-0.1, -0.05) is 17.4 Å². The van der Waals surface area contributed by atoms with Crippen LogP contribution in [0.4, 0.5) is 5.13 Å². The molecule has 1 aliphatic rings. The summed E-state index contributed by atoms with van der Waals surface area (Å²) < 4.78 is 11.8. The van der Waals surface area contributed by atoms with Gasteiger partial charge in [0.15, 0.2) is 5.13 Å². The van der Waals surface area contributed by atoms with Crippen LogP contribution in [0.3, 0.4) is 0 Å². The molecule has 0 aliphatic carbocycles. The Labute approximate surface area is 181 Å². The van der Waals surface area contributed by atoms with Crippen LogP contribution in [0.5, 0.6) is 5.75 Å². The number of hydrogen-bond acceptors (Lipinski definition) is 5. The highest BCUT2D eigenvalue weighted by atomic mass is 32.1. The number of nitrogens with one attached hydrogen (secondary N) is 1. The molecule has 7 heteroatoms. The highest BCUT2D eigenvalue weighted by molar-refractivity contribution is 7.22. The summed E-state index contributed by atoms with van der Waals surface area (Å²) in [5.74, 6) is 0.717. The van der Waals surface area contributed by atoms with Crippen molar-refractivity contribution in [2.45, 2.75) is 13.3 Å². The number of ether oxygens (including phenoxy) is 2. The standard InChI is InChI=1S/C23H27N3O3S/c1-17-4-9-20-21(16-17)30-23(24-20)26(11-3-10-25-12-14-29-15-13-25)22(27)18-5-7-19(28-2)8-6-18/h4-9,16H,3,10-15H2,1-2H3/p+1. The van der Waals surface area contributed by atoms with Crippen molar-refractivity contribution in [3.05, 3.63) is 53.6 Å². The van der Waals surface area contributed by atoms with Crippen molar-refractivity contribution < 1.29 is 19.2 Å². The molecule has 1 N–H and O–H groups in total. The number of nitrogens with zero attached hydrogens (tertiary/aromatic N) is 2. The van der Waals surface area contributed by atoms with Crippen molar-refractivity contribution in [1.82, 2.24) is 4.98 Å². The molecule has 1 aromatic heterocycles. The second kappa shape index (κ2) is 9.55. The maximum Gasteiger partial charge on any atom is 0.260 e. The van der Waals surface area contributed by atoms with Crippen molar-refractivity contribution in [1.29, 1.82) is 0 Å². The Kier molecular flexibility index (Phi) is 6.62. The summed E-state index contributed by atoms with van der Waals surface area (Å²) >= 11 is 1.58. The molecule has 0 spiro atoms. The van der Waals surface area contributed by atoms with Gasteiger partial charge in [0.05, 0.1) is 37.1 Å². The summed E-state index contributed by atoms with van der Waals surface area (Å²) in [5.41, 5.74) is 2.78. The van der Waals surface area contributed by atoms with Crippen LogP contribution < -0.4 is 14.5 Å². The molecule has 1 amide bonds. The highest BCUT2D eigenvalue weighted by Gasteiger charge is 2.22. The predicted molar refractivity (Wildman–Crippen MR) is 120 cm³/mol. The number of methoxy groups -OCH3 is 1. The average Bonchev–Trinajstić information content (AvgIpc) is 3.20. The summed E-state index contributed by atoms with van der Waals surface area (Å²) in [4.78, 5) is 21.5. The third-order valence-corrected chi connectivity index (χ3v) is 6.50. The molecular formula is C23H28N3O3S+. The number of aryl methyl sites for hydroxylation is 1. The molecule has 0 bridgehead atoms. The molecular weight excluding hydrogens is 398 g/mol. The first-order valence-electron chi connectivity index (χ1n) is 10.4. The Morgan fingerprint density at radius 1 is 1.20 bits per heavy atom. The van der Waals surface area contributed by atoms with Crippen molar-refractivity contribution in [3.63, 3.8) is 0 Å². The number of hydrogen-bond donors (Lipinski definition) is 1. The van der Waals surface area contributed by atoms with Crippen LogP contribution in [0.25, 0.3) is 10.2 Å². The number of fused-ring (bicyclic) bond motifs is 1. The number of thiazole rings is 1. The number of rotatable bonds is 7. The predicted octanol–water partition coefficient (Wildman–Crippen LogP) is 2.57. The third-order valence-electron chi connectivity index (χ3n) is 5.46. The van der Waals surface area contributed by atoms with E-state index in [4.69, 9.17) is 14.5 Å². The molecule has 2 heterocycles. The number of anilines is 1. The molecule has 1 aliphatic heterocycles. The van der Waals surface area contributed by atoms with Crippen LogP contribution in [0, 0.1) is 6.92 Å². The monoisotopic (exact) mass is 426 g/mol. The van der Waals surface area contributed by atoms with Gasteiger partial charge in [-0.15, -0.1) is 0 Å². The number of aromatic nitrogens is 1. The van der Waals surface area contributed by atoms with Gasteiger partial charge in [-0.2, -0.15) is 0 Å². The van der Waals surface area contributed by atoms with Crippen LogP contribution in [0.2, 0.25) is 0 Å². The molecule has 0 atom stereocenters. The molecule has 0 saturated carbocycles. The maximum atomic E-state index is 13.4. The molecule has 1 fully saturated rings. The van der Waals surface area contributed by atoms with Gasteiger partial charge in [0, 0.05) is 18.5 Å². The Balaban J connectivity index is 1.56. The normalized spacial score (nSPS) is 14.7. The zero-order chi connectivity index (χ0) is 20.9. The van der Waals surface area contributed by atoms with Crippen LogP contribution in [0.15, 0.2) is 42.5 Å². The first-order chi connectivity index (χ1) is 14.6. The molecule has 158 valence electrons. The Hall–Kier alpha value is -2.48. The summed E-state index contributed by atoms with van der Waals surface area (Å²) in [6.45, 7) is 7.46. The largest absolute Gasteiger partial charge is 0.497 e. The van der Waals surface area contributed by atoms with E-state index < -0.39 is 0 Å². The minimum Gasteiger partial charge on any atom is -0.497 e. The lowest BCUT2D eigenvalue weighted by atomic mass is 10.2. The van der Waals surface area contributed by atoms with Gasteiger partial charge in [0.1, 0.15) is 18.8 Å². The van der Waals surface area contributed by atoms with E-state index in [1.165, 1.54) is 10.5 Å².